The van der Waals surface area contributed by atoms with Crippen molar-refractivity contribution < 1.29 is 22.7 Å². The van der Waals surface area contributed by atoms with E-state index in [1.807, 2.05) is 32.9 Å². The van der Waals surface area contributed by atoms with Crippen LogP contribution in [0.4, 0.5) is 5.69 Å². The number of benzene rings is 2. The van der Waals surface area contributed by atoms with Crippen LogP contribution in [0.15, 0.2) is 48.5 Å². The van der Waals surface area contributed by atoms with Crippen LogP contribution in [0.5, 0.6) is 5.75 Å². The van der Waals surface area contributed by atoms with Crippen molar-refractivity contribution in [3.05, 3.63) is 59.1 Å². The van der Waals surface area contributed by atoms with E-state index in [1.165, 1.54) is 9.21 Å². The number of sulfonamides is 1. The Kier molecular flexibility index (Phi) is 11.7. The lowest BCUT2D eigenvalue weighted by Crippen LogP contribution is -2.49. The van der Waals surface area contributed by atoms with Crippen LogP contribution >= 0.6 is 11.6 Å². The molecular formula is C27H38ClN3O5S. The van der Waals surface area contributed by atoms with Gasteiger partial charge in [-0.05, 0) is 75.6 Å². The van der Waals surface area contributed by atoms with Crippen LogP contribution in [-0.4, -0.2) is 56.6 Å². The molecule has 8 nitrogen and oxygen atoms in total. The van der Waals surface area contributed by atoms with Crippen LogP contribution in [0, 0.1) is 0 Å². The minimum absolute atomic E-state index is 0.0140. The minimum atomic E-state index is -3.57. The van der Waals surface area contributed by atoms with Gasteiger partial charge in [-0.25, -0.2) is 8.42 Å². The van der Waals surface area contributed by atoms with Gasteiger partial charge in [-0.1, -0.05) is 30.7 Å². The number of carbonyl (C=O) groups excluding carboxylic acids is 2. The first-order valence-electron chi connectivity index (χ1n) is 12.5. The summed E-state index contributed by atoms with van der Waals surface area (Å²) in [6.07, 6.45) is 2.28. The van der Waals surface area contributed by atoms with Crippen molar-refractivity contribution in [3.63, 3.8) is 0 Å². The summed E-state index contributed by atoms with van der Waals surface area (Å²) in [5, 5.41) is 3.52. The van der Waals surface area contributed by atoms with Crippen LogP contribution in [0.2, 0.25) is 5.02 Å². The van der Waals surface area contributed by atoms with Gasteiger partial charge in [-0.3, -0.25) is 13.9 Å². The number of hydrogen-bond acceptors (Lipinski definition) is 5. The smallest absolute Gasteiger partial charge is 0.242 e. The standard InChI is InChI=1S/C27H38ClN3O5S/c1-6-20(3)29-27(33)21(4)30(19-22-10-12-23(28)13-11-22)26(32)9-8-18-31(37(5,34)35)24-14-16-25(17-15-24)36-7-2/h10-17,20-21H,6-9,18-19H2,1-5H3,(H,29,33)/t20-,21-/m0/s1. The van der Waals surface area contributed by atoms with E-state index in [-0.39, 0.29) is 43.8 Å². The first-order chi connectivity index (χ1) is 17.5. The van der Waals surface area contributed by atoms with Gasteiger partial charge in [0.05, 0.1) is 18.6 Å². The number of rotatable bonds is 14. The van der Waals surface area contributed by atoms with E-state index in [4.69, 9.17) is 16.3 Å². The minimum Gasteiger partial charge on any atom is -0.494 e. The fraction of sp³-hybridized carbons (Fsp3) is 0.481. The molecule has 2 aromatic carbocycles. The predicted octanol–water partition coefficient (Wildman–Crippen LogP) is 4.62. The molecule has 2 rings (SSSR count). The van der Waals surface area contributed by atoms with Gasteiger partial charge in [0.1, 0.15) is 11.8 Å². The molecule has 0 spiro atoms. The van der Waals surface area contributed by atoms with Gasteiger partial charge >= 0.3 is 0 Å². The maximum absolute atomic E-state index is 13.3. The van der Waals surface area contributed by atoms with Gasteiger partial charge in [-0.15, -0.1) is 0 Å². The van der Waals surface area contributed by atoms with E-state index in [0.717, 1.165) is 18.2 Å². The van der Waals surface area contributed by atoms with Crippen molar-refractivity contribution >= 4 is 39.1 Å². The zero-order valence-corrected chi connectivity index (χ0v) is 23.8. The summed E-state index contributed by atoms with van der Waals surface area (Å²) < 4.78 is 31.7. The molecule has 10 heteroatoms. The molecule has 0 aromatic heterocycles. The zero-order valence-electron chi connectivity index (χ0n) is 22.2. The van der Waals surface area contributed by atoms with Crippen molar-refractivity contribution in [3.8, 4) is 5.75 Å². The van der Waals surface area contributed by atoms with Gasteiger partial charge in [0.25, 0.3) is 0 Å². The average molecular weight is 552 g/mol. The second-order valence-electron chi connectivity index (χ2n) is 9.01. The van der Waals surface area contributed by atoms with E-state index in [2.05, 4.69) is 5.32 Å². The van der Waals surface area contributed by atoms with Crippen LogP contribution < -0.4 is 14.4 Å². The number of amides is 2. The van der Waals surface area contributed by atoms with Gasteiger partial charge in [0.15, 0.2) is 0 Å². The second-order valence-corrected chi connectivity index (χ2v) is 11.4. The Balaban J connectivity index is 2.15. The van der Waals surface area contributed by atoms with Crippen molar-refractivity contribution in [2.45, 2.75) is 65.6 Å². The van der Waals surface area contributed by atoms with Crippen LogP contribution in [0.25, 0.3) is 0 Å². The van der Waals surface area contributed by atoms with E-state index in [9.17, 15) is 18.0 Å². The number of nitrogens with zero attached hydrogens (tertiary/aromatic N) is 2. The fourth-order valence-corrected chi connectivity index (χ4v) is 4.81. The van der Waals surface area contributed by atoms with Crippen LogP contribution in [0.1, 0.15) is 52.5 Å². The molecule has 0 saturated heterocycles. The third kappa shape index (κ3) is 9.55. The number of hydrogen-bond donors (Lipinski definition) is 1. The molecule has 0 aliphatic rings. The summed E-state index contributed by atoms with van der Waals surface area (Å²) in [5.41, 5.74) is 1.34. The number of halogens is 1. The van der Waals surface area contributed by atoms with Crippen molar-refractivity contribution in [1.29, 1.82) is 0 Å². The lowest BCUT2D eigenvalue weighted by molar-refractivity contribution is -0.140. The Hall–Kier alpha value is -2.78. The van der Waals surface area contributed by atoms with Crippen molar-refractivity contribution in [1.82, 2.24) is 10.2 Å². The van der Waals surface area contributed by atoms with Gasteiger partial charge in [-0.2, -0.15) is 0 Å². The highest BCUT2D eigenvalue weighted by atomic mass is 35.5. The summed E-state index contributed by atoms with van der Waals surface area (Å²) >= 11 is 6.00. The molecule has 204 valence electrons. The topological polar surface area (TPSA) is 96.0 Å². The van der Waals surface area contributed by atoms with Crippen molar-refractivity contribution in [2.75, 3.05) is 23.7 Å². The maximum Gasteiger partial charge on any atom is 0.242 e. The Morgan fingerprint density at radius 3 is 2.19 bits per heavy atom. The third-order valence-corrected chi connectivity index (χ3v) is 7.47. The van der Waals surface area contributed by atoms with E-state index in [1.54, 1.807) is 43.3 Å². The molecule has 0 unspecified atom stereocenters. The van der Waals surface area contributed by atoms with Crippen LogP contribution in [-0.2, 0) is 26.2 Å². The summed E-state index contributed by atoms with van der Waals surface area (Å²) in [6.45, 7) is 8.34. The molecule has 2 aromatic rings. The van der Waals surface area contributed by atoms with Crippen molar-refractivity contribution in [2.24, 2.45) is 0 Å². The number of nitrogens with one attached hydrogen (secondary N) is 1. The van der Waals surface area contributed by atoms with Gasteiger partial charge in [0, 0.05) is 30.6 Å². The van der Waals surface area contributed by atoms with E-state index >= 15 is 0 Å². The molecule has 37 heavy (non-hydrogen) atoms. The van der Waals surface area contributed by atoms with E-state index < -0.39 is 16.1 Å². The molecular weight excluding hydrogens is 514 g/mol. The number of carbonyl (C=O) groups is 2. The Morgan fingerprint density at radius 1 is 1.03 bits per heavy atom. The lowest BCUT2D eigenvalue weighted by Gasteiger charge is -2.30. The third-order valence-electron chi connectivity index (χ3n) is 6.02. The van der Waals surface area contributed by atoms with Gasteiger partial charge in [0.2, 0.25) is 21.8 Å². The molecule has 0 fully saturated rings. The highest BCUT2D eigenvalue weighted by molar-refractivity contribution is 7.92. The summed E-state index contributed by atoms with van der Waals surface area (Å²) in [4.78, 5) is 27.7. The zero-order chi connectivity index (χ0) is 27.6. The molecule has 0 aliphatic heterocycles. The Labute approximate surface area is 226 Å². The molecule has 0 radical (unpaired) electrons. The molecule has 2 atom stereocenters. The first kappa shape index (κ1) is 30.4. The number of anilines is 1. The lowest BCUT2D eigenvalue weighted by atomic mass is 10.1. The molecule has 1 N–H and O–H groups in total. The average Bonchev–Trinajstić information content (AvgIpc) is 2.85. The Morgan fingerprint density at radius 2 is 1.65 bits per heavy atom. The largest absolute Gasteiger partial charge is 0.494 e. The summed E-state index contributed by atoms with van der Waals surface area (Å²) in [6, 6.07) is 13.2. The quantitative estimate of drug-likeness (QED) is 0.370. The van der Waals surface area contributed by atoms with Crippen LogP contribution in [0.3, 0.4) is 0 Å². The highest BCUT2D eigenvalue weighted by Gasteiger charge is 2.27. The normalized spacial score (nSPS) is 12.9. The second kappa shape index (κ2) is 14.2. The molecule has 2 amide bonds. The molecule has 0 heterocycles. The highest BCUT2D eigenvalue weighted by Crippen LogP contribution is 2.23. The molecule has 0 bridgehead atoms. The fourth-order valence-electron chi connectivity index (χ4n) is 3.71. The Bertz CT molecular complexity index is 1120. The van der Waals surface area contributed by atoms with E-state index in [0.29, 0.717) is 23.1 Å². The van der Waals surface area contributed by atoms with Gasteiger partial charge < -0.3 is 15.0 Å². The number of ether oxygens (including phenoxy) is 1. The molecule has 0 saturated carbocycles. The predicted molar refractivity (Wildman–Crippen MR) is 148 cm³/mol. The monoisotopic (exact) mass is 551 g/mol. The summed E-state index contributed by atoms with van der Waals surface area (Å²) in [7, 11) is -3.57. The SMILES string of the molecule is CCOc1ccc(N(CCCC(=O)N(Cc2ccc(Cl)cc2)[C@@H](C)C(=O)N[C@@H](C)CC)S(C)(=O)=O)cc1. The maximum atomic E-state index is 13.3. The molecule has 0 aliphatic carbocycles. The summed E-state index contributed by atoms with van der Waals surface area (Å²) in [5.74, 6) is 0.183. The first-order valence-corrected chi connectivity index (χ1v) is 14.7.